The molecular formula is C17H16N4O6. The molecule has 0 saturated carbocycles. The number of nitrogens with zero attached hydrogens (tertiary/aromatic N) is 3. The molecule has 10 nitrogen and oxygen atoms in total. The van der Waals surface area contributed by atoms with Crippen LogP contribution < -0.4 is 10.2 Å². The van der Waals surface area contributed by atoms with Crippen LogP contribution in [-0.4, -0.2) is 42.1 Å². The highest BCUT2D eigenvalue weighted by atomic mass is 16.6. The number of nitrogens with one attached hydrogen (secondary N) is 1. The molecule has 0 unspecified atom stereocenters. The van der Waals surface area contributed by atoms with Crippen molar-refractivity contribution in [1.29, 1.82) is 0 Å². The van der Waals surface area contributed by atoms with Crippen molar-refractivity contribution in [3.63, 3.8) is 0 Å². The number of carbonyl (C=O) groups excluding carboxylic acids is 1. The first-order valence-electron chi connectivity index (χ1n) is 8.12. The van der Waals surface area contributed by atoms with E-state index in [1.165, 1.54) is 42.5 Å². The number of anilines is 2. The van der Waals surface area contributed by atoms with Crippen LogP contribution >= 0.6 is 0 Å². The Kier molecular flexibility index (Phi) is 5.27. The number of nitro groups is 2. The second-order valence-corrected chi connectivity index (χ2v) is 5.82. The number of ether oxygens (including phenoxy) is 1. The second kappa shape index (κ2) is 7.79. The molecule has 0 atom stereocenters. The lowest BCUT2D eigenvalue weighted by molar-refractivity contribution is -0.385. The SMILES string of the molecule is O=C(Nc1ccc([N+](=O)[O-])cc1N1CCOCC1)c1cccc([N+](=O)[O-])c1. The third-order valence-corrected chi connectivity index (χ3v) is 4.11. The summed E-state index contributed by atoms with van der Waals surface area (Å²) in [7, 11) is 0. The molecule has 1 heterocycles. The summed E-state index contributed by atoms with van der Waals surface area (Å²) in [6.45, 7) is 2.00. The molecular weight excluding hydrogens is 356 g/mol. The van der Waals surface area contributed by atoms with Gasteiger partial charge in [-0.3, -0.25) is 25.0 Å². The minimum atomic E-state index is -0.582. The number of rotatable bonds is 5. The smallest absolute Gasteiger partial charge is 0.271 e. The van der Waals surface area contributed by atoms with Crippen molar-refractivity contribution in [1.82, 2.24) is 0 Å². The predicted octanol–water partition coefficient (Wildman–Crippen LogP) is 2.59. The van der Waals surface area contributed by atoms with Gasteiger partial charge in [0.1, 0.15) is 0 Å². The zero-order valence-corrected chi connectivity index (χ0v) is 14.2. The molecule has 0 spiro atoms. The summed E-state index contributed by atoms with van der Waals surface area (Å²) in [6, 6.07) is 9.50. The highest BCUT2D eigenvalue weighted by Crippen LogP contribution is 2.31. The van der Waals surface area contributed by atoms with Gasteiger partial charge >= 0.3 is 0 Å². The molecule has 0 radical (unpaired) electrons. The lowest BCUT2D eigenvalue weighted by Crippen LogP contribution is -2.36. The van der Waals surface area contributed by atoms with E-state index in [0.717, 1.165) is 0 Å². The van der Waals surface area contributed by atoms with E-state index in [0.29, 0.717) is 37.7 Å². The highest BCUT2D eigenvalue weighted by molar-refractivity contribution is 6.06. The van der Waals surface area contributed by atoms with Crippen LogP contribution in [0.4, 0.5) is 22.7 Å². The van der Waals surface area contributed by atoms with Crippen molar-refractivity contribution in [3.05, 3.63) is 68.3 Å². The van der Waals surface area contributed by atoms with Crippen LogP contribution in [-0.2, 0) is 4.74 Å². The third kappa shape index (κ3) is 4.18. The lowest BCUT2D eigenvalue weighted by Gasteiger charge is -2.30. The van der Waals surface area contributed by atoms with E-state index < -0.39 is 15.8 Å². The predicted molar refractivity (Wildman–Crippen MR) is 97.2 cm³/mol. The number of non-ortho nitro benzene ring substituents is 2. The summed E-state index contributed by atoms with van der Waals surface area (Å²) < 4.78 is 5.30. The van der Waals surface area contributed by atoms with Crippen LogP contribution in [0.3, 0.4) is 0 Å². The molecule has 2 aromatic rings. The minimum absolute atomic E-state index is 0.0927. The monoisotopic (exact) mass is 372 g/mol. The Labute approximate surface area is 153 Å². The largest absolute Gasteiger partial charge is 0.378 e. The first-order chi connectivity index (χ1) is 13.0. The van der Waals surface area contributed by atoms with Crippen molar-refractivity contribution in [2.24, 2.45) is 0 Å². The quantitative estimate of drug-likeness (QED) is 0.631. The summed E-state index contributed by atoms with van der Waals surface area (Å²) in [6.07, 6.45) is 0. The van der Waals surface area contributed by atoms with Crippen LogP contribution in [0, 0.1) is 20.2 Å². The Morgan fingerprint density at radius 1 is 1.00 bits per heavy atom. The van der Waals surface area contributed by atoms with Crippen LogP contribution in [0.25, 0.3) is 0 Å². The molecule has 0 aromatic heterocycles. The molecule has 140 valence electrons. The molecule has 1 aliphatic heterocycles. The van der Waals surface area contributed by atoms with Gasteiger partial charge in [-0.2, -0.15) is 0 Å². The average Bonchev–Trinajstić information content (AvgIpc) is 2.68. The molecule has 0 aliphatic carbocycles. The van der Waals surface area contributed by atoms with Crippen LogP contribution in [0.5, 0.6) is 0 Å². The Balaban J connectivity index is 1.91. The fourth-order valence-electron chi connectivity index (χ4n) is 2.76. The van der Waals surface area contributed by atoms with Gasteiger partial charge in [0.25, 0.3) is 17.3 Å². The molecule has 1 fully saturated rings. The number of benzene rings is 2. The molecule has 27 heavy (non-hydrogen) atoms. The molecule has 1 N–H and O–H groups in total. The summed E-state index contributed by atoms with van der Waals surface area (Å²) in [5, 5.41) is 24.7. The summed E-state index contributed by atoms with van der Waals surface area (Å²) in [5.41, 5.74) is 0.727. The maximum Gasteiger partial charge on any atom is 0.271 e. The average molecular weight is 372 g/mol. The van der Waals surface area contributed by atoms with Crippen molar-refractivity contribution in [2.45, 2.75) is 0 Å². The highest BCUT2D eigenvalue weighted by Gasteiger charge is 2.20. The number of nitro benzene ring substituents is 2. The van der Waals surface area contributed by atoms with E-state index in [9.17, 15) is 25.0 Å². The molecule has 1 aliphatic rings. The first-order valence-corrected chi connectivity index (χ1v) is 8.12. The van der Waals surface area contributed by atoms with E-state index in [4.69, 9.17) is 4.74 Å². The maximum absolute atomic E-state index is 12.5. The van der Waals surface area contributed by atoms with Gasteiger partial charge in [-0.05, 0) is 12.1 Å². The second-order valence-electron chi connectivity index (χ2n) is 5.82. The molecule has 1 saturated heterocycles. The fraction of sp³-hybridized carbons (Fsp3) is 0.235. The Hall–Kier alpha value is -3.53. The van der Waals surface area contributed by atoms with E-state index in [2.05, 4.69) is 5.32 Å². The van der Waals surface area contributed by atoms with Crippen LogP contribution in [0.15, 0.2) is 42.5 Å². The Morgan fingerprint density at radius 2 is 1.67 bits per heavy atom. The van der Waals surface area contributed by atoms with E-state index >= 15 is 0 Å². The molecule has 3 rings (SSSR count). The van der Waals surface area contributed by atoms with Gasteiger partial charge in [0, 0.05) is 42.9 Å². The standard InChI is InChI=1S/C17H16N4O6/c22-17(12-2-1-3-13(10-12)20(23)24)18-15-5-4-14(21(25)26)11-16(15)19-6-8-27-9-7-19/h1-5,10-11H,6-9H2,(H,18,22). The number of amides is 1. The topological polar surface area (TPSA) is 128 Å². The molecule has 0 bridgehead atoms. The Morgan fingerprint density at radius 3 is 2.33 bits per heavy atom. The molecule has 1 amide bonds. The van der Waals surface area contributed by atoms with E-state index in [1.807, 2.05) is 4.90 Å². The van der Waals surface area contributed by atoms with Crippen molar-refractivity contribution in [2.75, 3.05) is 36.5 Å². The zero-order valence-electron chi connectivity index (χ0n) is 14.2. The van der Waals surface area contributed by atoms with E-state index in [1.54, 1.807) is 0 Å². The van der Waals surface area contributed by atoms with Crippen LogP contribution in [0.1, 0.15) is 10.4 Å². The van der Waals surface area contributed by atoms with Gasteiger partial charge in [0.05, 0.1) is 34.4 Å². The number of hydrogen-bond acceptors (Lipinski definition) is 7. The van der Waals surface area contributed by atoms with Gasteiger partial charge in [0.2, 0.25) is 0 Å². The lowest BCUT2D eigenvalue weighted by atomic mass is 10.1. The third-order valence-electron chi connectivity index (χ3n) is 4.11. The molecule has 2 aromatic carbocycles. The van der Waals surface area contributed by atoms with Crippen molar-refractivity contribution < 1.29 is 19.4 Å². The van der Waals surface area contributed by atoms with E-state index in [-0.39, 0.29) is 16.9 Å². The number of hydrogen-bond donors (Lipinski definition) is 1. The van der Waals surface area contributed by atoms with Crippen molar-refractivity contribution >= 4 is 28.7 Å². The van der Waals surface area contributed by atoms with Crippen molar-refractivity contribution in [3.8, 4) is 0 Å². The van der Waals surface area contributed by atoms with Gasteiger partial charge in [-0.15, -0.1) is 0 Å². The Bertz CT molecular complexity index is 895. The summed E-state index contributed by atoms with van der Waals surface area (Å²) in [4.78, 5) is 35.3. The van der Waals surface area contributed by atoms with Gasteiger partial charge < -0.3 is 15.0 Å². The maximum atomic E-state index is 12.5. The summed E-state index contributed by atoms with van der Waals surface area (Å²) in [5.74, 6) is -0.540. The van der Waals surface area contributed by atoms with Gasteiger partial charge in [0.15, 0.2) is 0 Å². The van der Waals surface area contributed by atoms with Gasteiger partial charge in [-0.1, -0.05) is 6.07 Å². The fourth-order valence-corrected chi connectivity index (χ4v) is 2.76. The summed E-state index contributed by atoms with van der Waals surface area (Å²) >= 11 is 0. The number of morpholine rings is 1. The van der Waals surface area contributed by atoms with Gasteiger partial charge in [-0.25, -0.2) is 0 Å². The first kappa shape index (κ1) is 18.3. The number of carbonyl (C=O) groups is 1. The normalized spacial score (nSPS) is 13.9. The molecule has 10 heteroatoms. The van der Waals surface area contributed by atoms with Crippen LogP contribution in [0.2, 0.25) is 0 Å². The minimum Gasteiger partial charge on any atom is -0.378 e. The zero-order chi connectivity index (χ0) is 19.4.